The zero-order valence-electron chi connectivity index (χ0n) is 11.7. The van der Waals surface area contributed by atoms with Crippen molar-refractivity contribution in [2.75, 3.05) is 26.1 Å². The number of carbonyl (C=O) groups is 2. The first-order valence-corrected chi connectivity index (χ1v) is 6.34. The van der Waals surface area contributed by atoms with E-state index in [1.807, 2.05) is 6.92 Å². The number of nitrogen functional groups attached to an aromatic ring is 1. The Kier molecular flexibility index (Phi) is 6.36. The lowest BCUT2D eigenvalue weighted by Gasteiger charge is -2.07. The van der Waals surface area contributed by atoms with Gasteiger partial charge in [0.15, 0.2) is 6.61 Å². The van der Waals surface area contributed by atoms with Crippen LogP contribution >= 0.6 is 0 Å². The Bertz CT molecular complexity index is 473. The van der Waals surface area contributed by atoms with Crippen molar-refractivity contribution in [2.24, 2.45) is 0 Å². The minimum absolute atomic E-state index is 0.225. The molecule has 1 aromatic rings. The number of methoxy groups -OCH3 is 1. The molecular weight excluding hydrogens is 262 g/mol. The van der Waals surface area contributed by atoms with Gasteiger partial charge in [-0.15, -0.1) is 0 Å². The van der Waals surface area contributed by atoms with Gasteiger partial charge in [-0.25, -0.2) is 9.59 Å². The van der Waals surface area contributed by atoms with E-state index in [1.54, 1.807) is 6.07 Å². The number of nitrogens with two attached hydrogens (primary N) is 1. The highest BCUT2D eigenvalue weighted by Crippen LogP contribution is 2.19. The van der Waals surface area contributed by atoms with Crippen LogP contribution in [-0.4, -0.2) is 32.3 Å². The second-order valence-electron chi connectivity index (χ2n) is 4.15. The summed E-state index contributed by atoms with van der Waals surface area (Å²) in [7, 11) is 1.47. The number of hydrogen-bond acceptors (Lipinski definition) is 6. The molecule has 110 valence electrons. The van der Waals surface area contributed by atoms with Crippen LogP contribution in [0.5, 0.6) is 5.75 Å². The Labute approximate surface area is 117 Å². The highest BCUT2D eigenvalue weighted by molar-refractivity contribution is 5.92. The van der Waals surface area contributed by atoms with Gasteiger partial charge in [-0.05, 0) is 18.6 Å². The predicted octanol–water partition coefficient (Wildman–Crippen LogP) is 1.78. The fourth-order valence-corrected chi connectivity index (χ4v) is 1.44. The topological polar surface area (TPSA) is 87.9 Å². The minimum Gasteiger partial charge on any atom is -0.497 e. The van der Waals surface area contributed by atoms with E-state index < -0.39 is 18.5 Å². The van der Waals surface area contributed by atoms with Gasteiger partial charge in [-0.1, -0.05) is 13.3 Å². The summed E-state index contributed by atoms with van der Waals surface area (Å²) in [5.74, 6) is -0.770. The molecule has 0 saturated heterocycles. The maximum Gasteiger partial charge on any atom is 0.344 e. The molecule has 0 atom stereocenters. The molecule has 0 aromatic heterocycles. The Morgan fingerprint density at radius 3 is 2.60 bits per heavy atom. The van der Waals surface area contributed by atoms with Gasteiger partial charge in [0.2, 0.25) is 0 Å². The van der Waals surface area contributed by atoms with Gasteiger partial charge in [0.25, 0.3) is 0 Å². The van der Waals surface area contributed by atoms with Crippen LogP contribution in [0.3, 0.4) is 0 Å². The van der Waals surface area contributed by atoms with Gasteiger partial charge in [0.1, 0.15) is 5.75 Å². The molecule has 0 aliphatic carbocycles. The lowest BCUT2D eigenvalue weighted by Crippen LogP contribution is -2.17. The summed E-state index contributed by atoms with van der Waals surface area (Å²) < 4.78 is 14.7. The van der Waals surface area contributed by atoms with Crippen LogP contribution in [-0.2, 0) is 14.3 Å². The second kappa shape index (κ2) is 8.04. The molecule has 0 heterocycles. The van der Waals surface area contributed by atoms with Crippen molar-refractivity contribution >= 4 is 17.6 Å². The molecule has 2 N–H and O–H groups in total. The Morgan fingerprint density at radius 2 is 1.95 bits per heavy atom. The van der Waals surface area contributed by atoms with Crippen LogP contribution in [0, 0.1) is 0 Å². The fraction of sp³-hybridized carbons (Fsp3) is 0.429. The Hall–Kier alpha value is -2.24. The van der Waals surface area contributed by atoms with Crippen LogP contribution < -0.4 is 10.5 Å². The van der Waals surface area contributed by atoms with Crippen molar-refractivity contribution < 1.29 is 23.8 Å². The summed E-state index contributed by atoms with van der Waals surface area (Å²) >= 11 is 0. The summed E-state index contributed by atoms with van der Waals surface area (Å²) in [4.78, 5) is 23.1. The monoisotopic (exact) mass is 281 g/mol. The molecule has 1 rings (SSSR count). The van der Waals surface area contributed by atoms with Crippen molar-refractivity contribution in [1.82, 2.24) is 0 Å². The predicted molar refractivity (Wildman–Crippen MR) is 73.6 cm³/mol. The van der Waals surface area contributed by atoms with E-state index in [0.29, 0.717) is 18.0 Å². The maximum absolute atomic E-state index is 11.8. The van der Waals surface area contributed by atoms with Gasteiger partial charge in [0, 0.05) is 11.8 Å². The van der Waals surface area contributed by atoms with Crippen molar-refractivity contribution in [3.63, 3.8) is 0 Å². The number of esters is 2. The minimum atomic E-state index is -0.650. The molecule has 0 aliphatic rings. The molecule has 0 saturated carbocycles. The second-order valence-corrected chi connectivity index (χ2v) is 4.15. The number of carbonyl (C=O) groups excluding carboxylic acids is 2. The van der Waals surface area contributed by atoms with E-state index in [0.717, 1.165) is 12.8 Å². The third-order valence-corrected chi connectivity index (χ3v) is 2.48. The number of unbranched alkanes of at least 4 members (excludes halogenated alkanes) is 1. The van der Waals surface area contributed by atoms with E-state index in [9.17, 15) is 9.59 Å². The fourth-order valence-electron chi connectivity index (χ4n) is 1.44. The number of benzene rings is 1. The van der Waals surface area contributed by atoms with E-state index >= 15 is 0 Å². The molecule has 0 amide bonds. The lowest BCUT2D eigenvalue weighted by molar-refractivity contribution is -0.147. The van der Waals surface area contributed by atoms with Crippen molar-refractivity contribution in [1.29, 1.82) is 0 Å². The van der Waals surface area contributed by atoms with Crippen molar-refractivity contribution in [2.45, 2.75) is 19.8 Å². The van der Waals surface area contributed by atoms with Crippen LogP contribution in [0.4, 0.5) is 5.69 Å². The summed E-state index contributed by atoms with van der Waals surface area (Å²) in [5.41, 5.74) is 6.23. The summed E-state index contributed by atoms with van der Waals surface area (Å²) in [6.07, 6.45) is 1.71. The third kappa shape index (κ3) is 5.17. The van der Waals surface area contributed by atoms with Gasteiger partial charge >= 0.3 is 11.9 Å². The molecular formula is C14H19NO5. The molecule has 20 heavy (non-hydrogen) atoms. The van der Waals surface area contributed by atoms with E-state index in [2.05, 4.69) is 0 Å². The molecule has 1 aromatic carbocycles. The summed E-state index contributed by atoms with van der Waals surface area (Å²) in [6, 6.07) is 4.52. The van der Waals surface area contributed by atoms with Gasteiger partial charge in [0.05, 0.1) is 19.3 Å². The summed E-state index contributed by atoms with van der Waals surface area (Å²) in [6.45, 7) is 1.90. The third-order valence-electron chi connectivity index (χ3n) is 2.48. The molecule has 6 heteroatoms. The smallest absolute Gasteiger partial charge is 0.344 e. The average molecular weight is 281 g/mol. The SMILES string of the molecule is CCCCOC(=O)COC(=O)c1cc(N)cc(OC)c1. The largest absolute Gasteiger partial charge is 0.497 e. The first-order valence-electron chi connectivity index (χ1n) is 6.34. The van der Waals surface area contributed by atoms with Crippen LogP contribution in [0.25, 0.3) is 0 Å². The average Bonchev–Trinajstić information content (AvgIpc) is 2.44. The van der Waals surface area contributed by atoms with Crippen molar-refractivity contribution in [3.05, 3.63) is 23.8 Å². The number of ether oxygens (including phenoxy) is 3. The van der Waals surface area contributed by atoms with Gasteiger partial charge in [-0.3, -0.25) is 0 Å². The van der Waals surface area contributed by atoms with Gasteiger partial charge in [-0.2, -0.15) is 0 Å². The zero-order chi connectivity index (χ0) is 15.0. The van der Waals surface area contributed by atoms with E-state index in [-0.39, 0.29) is 5.56 Å². The molecule has 0 unspecified atom stereocenters. The quantitative estimate of drug-likeness (QED) is 0.465. The van der Waals surface area contributed by atoms with E-state index in [1.165, 1.54) is 19.2 Å². The molecule has 0 aliphatic heterocycles. The number of rotatable bonds is 7. The zero-order valence-corrected chi connectivity index (χ0v) is 11.7. The molecule has 0 radical (unpaired) electrons. The molecule has 0 spiro atoms. The Morgan fingerprint density at radius 1 is 1.20 bits per heavy atom. The van der Waals surface area contributed by atoms with E-state index in [4.69, 9.17) is 19.9 Å². The normalized spacial score (nSPS) is 9.90. The molecule has 0 bridgehead atoms. The lowest BCUT2D eigenvalue weighted by atomic mass is 10.2. The Balaban J connectivity index is 2.50. The van der Waals surface area contributed by atoms with Crippen LogP contribution in [0.15, 0.2) is 18.2 Å². The highest BCUT2D eigenvalue weighted by atomic mass is 16.6. The number of hydrogen-bond donors (Lipinski definition) is 1. The van der Waals surface area contributed by atoms with Crippen LogP contribution in [0.1, 0.15) is 30.1 Å². The number of anilines is 1. The maximum atomic E-state index is 11.8. The first-order chi connectivity index (χ1) is 9.56. The van der Waals surface area contributed by atoms with Gasteiger partial charge < -0.3 is 19.9 Å². The van der Waals surface area contributed by atoms with Crippen LogP contribution in [0.2, 0.25) is 0 Å². The van der Waals surface area contributed by atoms with Crippen molar-refractivity contribution in [3.8, 4) is 5.75 Å². The standard InChI is InChI=1S/C14H19NO5/c1-3-4-5-19-13(16)9-20-14(17)10-6-11(15)8-12(7-10)18-2/h6-8H,3-5,9,15H2,1-2H3. The molecule has 0 fully saturated rings. The molecule has 6 nitrogen and oxygen atoms in total. The first kappa shape index (κ1) is 15.8. The summed E-state index contributed by atoms with van der Waals surface area (Å²) in [5, 5.41) is 0. The highest BCUT2D eigenvalue weighted by Gasteiger charge is 2.12.